The summed E-state index contributed by atoms with van der Waals surface area (Å²) < 4.78 is 13.2. The summed E-state index contributed by atoms with van der Waals surface area (Å²) in [4.78, 5) is 50.9. The molecule has 1 aromatic carbocycles. The number of hydrogen-bond donors (Lipinski definition) is 1. The minimum atomic E-state index is -1.14. The number of carbonyl (C=O) groups excluding carboxylic acids is 2. The summed E-state index contributed by atoms with van der Waals surface area (Å²) in [6.45, 7) is 9.87. The van der Waals surface area contributed by atoms with Crippen molar-refractivity contribution in [2.24, 2.45) is 5.41 Å². The molecule has 1 aliphatic heterocycles. The number of aromatic nitrogens is 3. The lowest BCUT2D eigenvalue weighted by atomic mass is 9.90. The van der Waals surface area contributed by atoms with Crippen LogP contribution < -0.4 is 25.4 Å². The second-order valence-corrected chi connectivity index (χ2v) is 11.3. The van der Waals surface area contributed by atoms with Crippen molar-refractivity contribution in [2.75, 3.05) is 36.5 Å². The molecule has 11 heteroatoms. The molecule has 226 valence electrons. The van der Waals surface area contributed by atoms with Gasteiger partial charge in [-0.3, -0.25) is 14.4 Å². The quantitative estimate of drug-likeness (QED) is 0.208. The fraction of sp³-hybridized carbons (Fsp3) is 0.406. The van der Waals surface area contributed by atoms with Gasteiger partial charge >= 0.3 is 0 Å². The third-order valence-corrected chi connectivity index (χ3v) is 7.75. The number of hydrogen-bond acceptors (Lipinski definition) is 8. The molecule has 5 rings (SSSR count). The van der Waals surface area contributed by atoms with E-state index < -0.39 is 5.41 Å². The van der Waals surface area contributed by atoms with E-state index in [1.165, 1.54) is 0 Å². The molecule has 11 nitrogen and oxygen atoms in total. The predicted molar refractivity (Wildman–Crippen MR) is 164 cm³/mol. The molecule has 0 unspecified atom stereocenters. The van der Waals surface area contributed by atoms with Crippen molar-refractivity contribution >= 4 is 34.2 Å². The maximum atomic E-state index is 13.0. The number of furan rings is 1. The molecule has 0 bridgehead atoms. The second-order valence-electron chi connectivity index (χ2n) is 11.3. The SMILES string of the molecule is CCN1C(=O)C(C)(C)C(=O)N(C)c2cc(OCCCNCc3cnc(CCn4ccc5oc(C)cc5c4=O)nc3)ccc21. The van der Waals surface area contributed by atoms with Gasteiger partial charge in [-0.2, -0.15) is 0 Å². The Labute approximate surface area is 250 Å². The van der Waals surface area contributed by atoms with Crippen molar-refractivity contribution in [3.05, 3.63) is 76.4 Å². The first-order valence-corrected chi connectivity index (χ1v) is 14.6. The van der Waals surface area contributed by atoms with E-state index in [4.69, 9.17) is 9.15 Å². The van der Waals surface area contributed by atoms with E-state index in [2.05, 4.69) is 15.3 Å². The van der Waals surface area contributed by atoms with Gasteiger partial charge in [0, 0.05) is 63.3 Å². The molecule has 3 aromatic heterocycles. The van der Waals surface area contributed by atoms with Gasteiger partial charge in [-0.1, -0.05) is 0 Å². The van der Waals surface area contributed by atoms with Gasteiger partial charge in [0.15, 0.2) is 0 Å². The summed E-state index contributed by atoms with van der Waals surface area (Å²) in [6, 6.07) is 9.08. The van der Waals surface area contributed by atoms with Gasteiger partial charge in [-0.15, -0.1) is 0 Å². The Balaban J connectivity index is 1.07. The fourth-order valence-electron chi connectivity index (χ4n) is 5.29. The molecule has 0 radical (unpaired) electrons. The fourth-order valence-corrected chi connectivity index (χ4v) is 5.29. The van der Waals surface area contributed by atoms with Crippen LogP contribution in [-0.2, 0) is 29.1 Å². The molecule has 1 N–H and O–H groups in total. The molecule has 43 heavy (non-hydrogen) atoms. The zero-order chi connectivity index (χ0) is 30.7. The van der Waals surface area contributed by atoms with Gasteiger partial charge in [-0.05, 0) is 64.9 Å². The van der Waals surface area contributed by atoms with Crippen molar-refractivity contribution in [1.29, 1.82) is 0 Å². The number of fused-ring (bicyclic) bond motifs is 2. The molecule has 2 amide bonds. The van der Waals surface area contributed by atoms with Gasteiger partial charge in [0.25, 0.3) is 5.56 Å². The summed E-state index contributed by atoms with van der Waals surface area (Å²) in [5.74, 6) is 1.59. The number of benzene rings is 1. The highest BCUT2D eigenvalue weighted by atomic mass is 16.5. The lowest BCUT2D eigenvalue weighted by Crippen LogP contribution is -2.47. The van der Waals surface area contributed by atoms with Crippen LogP contribution in [0.5, 0.6) is 5.75 Å². The van der Waals surface area contributed by atoms with E-state index in [0.29, 0.717) is 72.3 Å². The zero-order valence-electron chi connectivity index (χ0n) is 25.3. The van der Waals surface area contributed by atoms with Gasteiger partial charge in [0.1, 0.15) is 28.3 Å². The molecule has 0 atom stereocenters. The Kier molecular flexibility index (Phi) is 8.63. The van der Waals surface area contributed by atoms with Crippen molar-refractivity contribution < 1.29 is 18.7 Å². The first-order valence-electron chi connectivity index (χ1n) is 14.6. The predicted octanol–water partition coefficient (Wildman–Crippen LogP) is 3.85. The summed E-state index contributed by atoms with van der Waals surface area (Å²) in [5.41, 5.74) is 1.71. The molecule has 0 spiro atoms. The first kappa shape index (κ1) is 30.0. The molecule has 1 aliphatic rings. The molecular formula is C32H38N6O5. The Bertz CT molecular complexity index is 1690. The van der Waals surface area contributed by atoms with Crippen LogP contribution >= 0.6 is 0 Å². The average Bonchev–Trinajstić information content (AvgIpc) is 3.38. The molecule has 0 aliphatic carbocycles. The maximum Gasteiger partial charge on any atom is 0.261 e. The van der Waals surface area contributed by atoms with E-state index in [-0.39, 0.29) is 17.4 Å². The molecule has 0 saturated heterocycles. The number of aryl methyl sites for hydroxylation is 3. The average molecular weight is 587 g/mol. The van der Waals surface area contributed by atoms with Crippen LogP contribution in [-0.4, -0.2) is 53.1 Å². The third-order valence-electron chi connectivity index (χ3n) is 7.75. The molecule has 4 heterocycles. The van der Waals surface area contributed by atoms with Crippen molar-refractivity contribution in [1.82, 2.24) is 19.9 Å². The van der Waals surface area contributed by atoms with Crippen LogP contribution in [0.15, 0.2) is 58.1 Å². The Hall–Kier alpha value is -4.51. The molecule has 4 aromatic rings. The number of ether oxygens (including phenoxy) is 1. The number of amides is 2. The number of pyridine rings is 1. The van der Waals surface area contributed by atoms with Crippen LogP contribution in [0.2, 0.25) is 0 Å². The van der Waals surface area contributed by atoms with Gasteiger partial charge < -0.3 is 28.8 Å². The highest BCUT2D eigenvalue weighted by Gasteiger charge is 2.45. The first-order chi connectivity index (χ1) is 20.6. The summed E-state index contributed by atoms with van der Waals surface area (Å²) in [7, 11) is 1.70. The van der Waals surface area contributed by atoms with Crippen molar-refractivity contribution in [2.45, 2.75) is 53.6 Å². The number of anilines is 2. The van der Waals surface area contributed by atoms with Gasteiger partial charge in [0.05, 0.1) is 23.4 Å². The van der Waals surface area contributed by atoms with Gasteiger partial charge in [-0.25, -0.2) is 9.97 Å². The minimum Gasteiger partial charge on any atom is -0.493 e. The van der Waals surface area contributed by atoms with Crippen LogP contribution in [0.25, 0.3) is 11.0 Å². The maximum absolute atomic E-state index is 13.0. The summed E-state index contributed by atoms with van der Waals surface area (Å²) in [5, 5.41) is 3.96. The van der Waals surface area contributed by atoms with Gasteiger partial charge in [0.2, 0.25) is 11.8 Å². The van der Waals surface area contributed by atoms with E-state index >= 15 is 0 Å². The zero-order valence-corrected chi connectivity index (χ0v) is 25.3. The Morgan fingerprint density at radius 2 is 1.79 bits per heavy atom. The topological polar surface area (TPSA) is 123 Å². The van der Waals surface area contributed by atoms with Crippen molar-refractivity contribution in [3.63, 3.8) is 0 Å². The van der Waals surface area contributed by atoms with E-state index in [9.17, 15) is 14.4 Å². The highest BCUT2D eigenvalue weighted by molar-refractivity contribution is 6.20. The van der Waals surface area contributed by atoms with E-state index in [1.807, 2.05) is 38.1 Å². The number of carbonyl (C=O) groups is 2. The number of nitrogens with one attached hydrogen (secondary N) is 1. The van der Waals surface area contributed by atoms with E-state index in [0.717, 1.165) is 18.5 Å². The molecular weight excluding hydrogens is 548 g/mol. The van der Waals surface area contributed by atoms with Crippen LogP contribution in [0.1, 0.15) is 44.3 Å². The Morgan fingerprint density at radius 3 is 2.53 bits per heavy atom. The number of nitrogens with zero attached hydrogens (tertiary/aromatic N) is 5. The molecule has 0 fully saturated rings. The second kappa shape index (κ2) is 12.4. The normalized spacial score (nSPS) is 14.7. The standard InChI is InChI=1S/C32H38N6O5/c1-6-38-25-9-8-23(17-26(25)36(5)30(40)32(3,4)31(38)41)42-15-7-12-33-18-22-19-34-28(35-20-22)11-14-37-13-10-27-24(29(37)39)16-21(2)43-27/h8-10,13,16-17,19-20,33H,6-7,11-12,14-15,18H2,1-5H3. The van der Waals surface area contributed by atoms with E-state index in [1.54, 1.807) is 59.9 Å². The largest absolute Gasteiger partial charge is 0.493 e. The van der Waals surface area contributed by atoms with Crippen molar-refractivity contribution in [3.8, 4) is 5.75 Å². The highest BCUT2D eigenvalue weighted by Crippen LogP contribution is 2.40. The molecule has 0 saturated carbocycles. The monoisotopic (exact) mass is 586 g/mol. The lowest BCUT2D eigenvalue weighted by molar-refractivity contribution is -0.137. The summed E-state index contributed by atoms with van der Waals surface area (Å²) in [6.07, 6.45) is 6.66. The van der Waals surface area contributed by atoms with Crippen LogP contribution in [0, 0.1) is 12.3 Å². The Morgan fingerprint density at radius 1 is 1.02 bits per heavy atom. The number of rotatable bonds is 11. The smallest absolute Gasteiger partial charge is 0.261 e. The van der Waals surface area contributed by atoms with Crippen LogP contribution in [0.3, 0.4) is 0 Å². The minimum absolute atomic E-state index is 0.0765. The van der Waals surface area contributed by atoms with Crippen LogP contribution in [0.4, 0.5) is 11.4 Å². The lowest BCUT2D eigenvalue weighted by Gasteiger charge is -2.27. The summed E-state index contributed by atoms with van der Waals surface area (Å²) >= 11 is 0. The third kappa shape index (κ3) is 6.17.